The number of carbonyl (C=O) groups is 1. The van der Waals surface area contributed by atoms with Gasteiger partial charge in [-0.25, -0.2) is 4.79 Å². The average molecular weight is 256 g/mol. The van der Waals surface area contributed by atoms with E-state index in [4.69, 9.17) is 4.74 Å². The first-order valence-corrected chi connectivity index (χ1v) is 6.75. The summed E-state index contributed by atoms with van der Waals surface area (Å²) < 4.78 is 5.21. The van der Waals surface area contributed by atoms with Crippen molar-refractivity contribution in [3.05, 3.63) is 0 Å². The minimum absolute atomic E-state index is 0.251. The van der Waals surface area contributed by atoms with Crippen molar-refractivity contribution in [3.8, 4) is 0 Å². The van der Waals surface area contributed by atoms with Crippen LogP contribution in [0, 0.1) is 11.8 Å². The summed E-state index contributed by atoms with van der Waals surface area (Å²) in [5, 5.41) is 16.3. The Hall–Kier alpha value is -0.810. The van der Waals surface area contributed by atoms with Crippen LogP contribution in [0.4, 0.5) is 4.79 Å². The van der Waals surface area contributed by atoms with E-state index in [9.17, 15) is 9.90 Å². The van der Waals surface area contributed by atoms with Gasteiger partial charge in [0.05, 0.1) is 12.1 Å². The van der Waals surface area contributed by atoms with Crippen LogP contribution < -0.4 is 10.6 Å². The molecule has 1 aliphatic carbocycles. The summed E-state index contributed by atoms with van der Waals surface area (Å²) in [6.45, 7) is 6.93. The van der Waals surface area contributed by atoms with Crippen molar-refractivity contribution in [2.24, 2.45) is 11.8 Å². The van der Waals surface area contributed by atoms with Crippen LogP contribution in [0.5, 0.6) is 0 Å². The molecule has 1 heterocycles. The molecule has 3 N–H and O–H groups in total. The molecule has 3 atom stereocenters. The van der Waals surface area contributed by atoms with E-state index in [1.807, 2.05) is 20.8 Å². The summed E-state index contributed by atoms with van der Waals surface area (Å²) in [4.78, 5) is 11.7. The van der Waals surface area contributed by atoms with Gasteiger partial charge in [0.2, 0.25) is 0 Å². The van der Waals surface area contributed by atoms with Crippen LogP contribution in [0.3, 0.4) is 0 Å². The highest BCUT2D eigenvalue weighted by molar-refractivity contribution is 5.68. The largest absolute Gasteiger partial charge is 0.444 e. The molecular formula is C13H24N2O3. The number of hydrogen-bond acceptors (Lipinski definition) is 4. The van der Waals surface area contributed by atoms with E-state index in [0.29, 0.717) is 12.5 Å². The zero-order valence-corrected chi connectivity index (χ0v) is 11.4. The minimum atomic E-state index is -0.507. The molecule has 2 fully saturated rings. The van der Waals surface area contributed by atoms with Crippen molar-refractivity contribution in [2.75, 3.05) is 13.1 Å². The summed E-state index contributed by atoms with van der Waals surface area (Å²) >= 11 is 0. The molecule has 0 aromatic heterocycles. The SMILES string of the molecule is CC(C)(C)OC(=O)N[C@@H]1CNCC(C2CC2)[C@H]1O. The number of amides is 1. The maximum atomic E-state index is 11.7. The molecule has 0 radical (unpaired) electrons. The van der Waals surface area contributed by atoms with Crippen molar-refractivity contribution in [3.63, 3.8) is 0 Å². The van der Waals surface area contributed by atoms with Gasteiger partial charge in [0.25, 0.3) is 0 Å². The molecule has 1 amide bonds. The highest BCUT2D eigenvalue weighted by Crippen LogP contribution is 2.39. The van der Waals surface area contributed by atoms with Crippen LogP contribution in [-0.2, 0) is 4.74 Å². The first-order valence-electron chi connectivity index (χ1n) is 6.75. The monoisotopic (exact) mass is 256 g/mol. The molecule has 0 bridgehead atoms. The lowest BCUT2D eigenvalue weighted by Crippen LogP contribution is -2.58. The second-order valence-corrected chi connectivity index (χ2v) is 6.40. The molecule has 1 aliphatic heterocycles. The van der Waals surface area contributed by atoms with Gasteiger partial charge in [-0.15, -0.1) is 0 Å². The normalized spacial score (nSPS) is 33.0. The molecule has 5 nitrogen and oxygen atoms in total. The maximum Gasteiger partial charge on any atom is 0.408 e. The molecular weight excluding hydrogens is 232 g/mol. The van der Waals surface area contributed by atoms with Crippen LogP contribution in [-0.4, -0.2) is 42.0 Å². The predicted octanol–water partition coefficient (Wildman–Crippen LogP) is 0.870. The van der Waals surface area contributed by atoms with E-state index in [1.54, 1.807) is 0 Å². The Morgan fingerprint density at radius 3 is 2.56 bits per heavy atom. The molecule has 18 heavy (non-hydrogen) atoms. The van der Waals surface area contributed by atoms with E-state index in [2.05, 4.69) is 10.6 Å². The minimum Gasteiger partial charge on any atom is -0.444 e. The molecule has 1 unspecified atom stereocenters. The van der Waals surface area contributed by atoms with Crippen molar-refractivity contribution >= 4 is 6.09 Å². The van der Waals surface area contributed by atoms with E-state index in [1.165, 1.54) is 12.8 Å². The van der Waals surface area contributed by atoms with Gasteiger partial charge in [-0.05, 0) is 39.5 Å². The van der Waals surface area contributed by atoms with E-state index < -0.39 is 17.8 Å². The van der Waals surface area contributed by atoms with Gasteiger partial charge in [-0.3, -0.25) is 0 Å². The number of aliphatic hydroxyl groups excluding tert-OH is 1. The van der Waals surface area contributed by atoms with Gasteiger partial charge in [0, 0.05) is 19.0 Å². The fourth-order valence-electron chi connectivity index (χ4n) is 2.51. The second kappa shape index (κ2) is 5.05. The molecule has 5 heteroatoms. The average Bonchev–Trinajstić information content (AvgIpc) is 3.02. The molecule has 0 spiro atoms. The first-order chi connectivity index (χ1) is 8.37. The third-order valence-electron chi connectivity index (χ3n) is 3.52. The Morgan fingerprint density at radius 1 is 1.33 bits per heavy atom. The van der Waals surface area contributed by atoms with Gasteiger partial charge in [-0.2, -0.15) is 0 Å². The number of alkyl carbamates (subject to hydrolysis) is 1. The quantitative estimate of drug-likeness (QED) is 0.685. The third-order valence-corrected chi connectivity index (χ3v) is 3.52. The molecule has 2 rings (SSSR count). The highest BCUT2D eigenvalue weighted by Gasteiger charge is 2.41. The van der Waals surface area contributed by atoms with Crippen LogP contribution in [0.25, 0.3) is 0 Å². The van der Waals surface area contributed by atoms with Crippen molar-refractivity contribution < 1.29 is 14.6 Å². The lowest BCUT2D eigenvalue weighted by atomic mass is 9.88. The van der Waals surface area contributed by atoms with Crippen LogP contribution in [0.1, 0.15) is 33.6 Å². The van der Waals surface area contributed by atoms with E-state index >= 15 is 0 Å². The molecule has 1 saturated heterocycles. The Bertz CT molecular complexity index is 310. The second-order valence-electron chi connectivity index (χ2n) is 6.40. The van der Waals surface area contributed by atoms with Gasteiger partial charge in [0.15, 0.2) is 0 Å². The Kier molecular flexibility index (Phi) is 3.82. The van der Waals surface area contributed by atoms with Gasteiger partial charge < -0.3 is 20.5 Å². The standard InChI is InChI=1S/C13H24N2O3/c1-13(2,3)18-12(17)15-10-7-14-6-9(11(10)16)8-4-5-8/h8-11,14,16H,4-7H2,1-3H3,(H,15,17)/t9?,10-,11-/m1/s1. The summed E-state index contributed by atoms with van der Waals surface area (Å²) in [5.41, 5.74) is -0.507. The Labute approximate surface area is 108 Å². The Morgan fingerprint density at radius 2 is 2.00 bits per heavy atom. The summed E-state index contributed by atoms with van der Waals surface area (Å²) in [7, 11) is 0. The predicted molar refractivity (Wildman–Crippen MR) is 68.2 cm³/mol. The summed E-state index contributed by atoms with van der Waals surface area (Å²) in [6, 6.07) is -0.251. The maximum absolute atomic E-state index is 11.7. The molecule has 2 aliphatic rings. The van der Waals surface area contributed by atoms with E-state index in [0.717, 1.165) is 6.54 Å². The van der Waals surface area contributed by atoms with Gasteiger partial charge in [0.1, 0.15) is 5.60 Å². The number of ether oxygens (including phenoxy) is 1. The molecule has 104 valence electrons. The van der Waals surface area contributed by atoms with Crippen molar-refractivity contribution in [1.82, 2.24) is 10.6 Å². The van der Waals surface area contributed by atoms with Gasteiger partial charge >= 0.3 is 6.09 Å². The summed E-state index contributed by atoms with van der Waals surface area (Å²) in [5.74, 6) is 0.884. The Balaban J connectivity index is 1.86. The number of nitrogens with one attached hydrogen (secondary N) is 2. The lowest BCUT2D eigenvalue weighted by Gasteiger charge is -2.36. The number of hydrogen-bond donors (Lipinski definition) is 3. The van der Waals surface area contributed by atoms with Gasteiger partial charge in [-0.1, -0.05) is 0 Å². The highest BCUT2D eigenvalue weighted by atomic mass is 16.6. The van der Waals surface area contributed by atoms with Crippen LogP contribution in [0.2, 0.25) is 0 Å². The topological polar surface area (TPSA) is 70.6 Å². The number of rotatable bonds is 2. The molecule has 1 saturated carbocycles. The lowest BCUT2D eigenvalue weighted by molar-refractivity contribution is 0.0180. The zero-order valence-electron chi connectivity index (χ0n) is 11.4. The number of carbonyl (C=O) groups excluding carboxylic acids is 1. The van der Waals surface area contributed by atoms with E-state index in [-0.39, 0.29) is 12.0 Å². The fourth-order valence-corrected chi connectivity index (χ4v) is 2.51. The smallest absolute Gasteiger partial charge is 0.408 e. The molecule has 0 aromatic carbocycles. The molecule has 0 aromatic rings. The first kappa shape index (κ1) is 13.6. The zero-order chi connectivity index (χ0) is 13.3. The van der Waals surface area contributed by atoms with Crippen molar-refractivity contribution in [2.45, 2.75) is 51.4 Å². The third kappa shape index (κ3) is 3.59. The fraction of sp³-hybridized carbons (Fsp3) is 0.923. The summed E-state index contributed by atoms with van der Waals surface area (Å²) in [6.07, 6.45) is 1.47. The van der Waals surface area contributed by atoms with Crippen LogP contribution in [0.15, 0.2) is 0 Å². The number of aliphatic hydroxyl groups is 1. The van der Waals surface area contributed by atoms with Crippen molar-refractivity contribution in [1.29, 1.82) is 0 Å². The number of piperidine rings is 1. The van der Waals surface area contributed by atoms with Crippen LogP contribution >= 0.6 is 0 Å².